The molecule has 0 aromatic heterocycles. The molecule has 1 aromatic rings. The standard InChI is InChI=1S/C14H21NO3/c1-16-12-7-10(9-4-5-11(15)6-9)8-13(17-2)14(12)18-3/h7-9,11H,4-6,15H2,1-3H3. The van der Waals surface area contributed by atoms with Gasteiger partial charge in [0, 0.05) is 6.04 Å². The molecule has 2 unspecified atom stereocenters. The number of hydrogen-bond donors (Lipinski definition) is 1. The first-order valence-electron chi connectivity index (χ1n) is 6.25. The van der Waals surface area contributed by atoms with Crippen molar-refractivity contribution in [1.29, 1.82) is 0 Å². The zero-order chi connectivity index (χ0) is 13.1. The van der Waals surface area contributed by atoms with Gasteiger partial charge in [-0.05, 0) is 42.9 Å². The van der Waals surface area contributed by atoms with Crippen LogP contribution in [0.5, 0.6) is 17.2 Å². The van der Waals surface area contributed by atoms with E-state index in [1.807, 2.05) is 12.1 Å². The van der Waals surface area contributed by atoms with Gasteiger partial charge in [0.2, 0.25) is 5.75 Å². The quantitative estimate of drug-likeness (QED) is 0.892. The first-order chi connectivity index (χ1) is 8.69. The Morgan fingerprint density at radius 2 is 1.61 bits per heavy atom. The Kier molecular flexibility index (Phi) is 3.97. The molecule has 1 fully saturated rings. The van der Waals surface area contributed by atoms with Crippen LogP contribution in [0, 0.1) is 0 Å². The molecule has 0 bridgehead atoms. The Morgan fingerprint density at radius 3 is 2.00 bits per heavy atom. The van der Waals surface area contributed by atoms with Gasteiger partial charge in [-0.15, -0.1) is 0 Å². The van der Waals surface area contributed by atoms with E-state index in [0.717, 1.165) is 19.3 Å². The van der Waals surface area contributed by atoms with Crippen LogP contribution in [-0.2, 0) is 0 Å². The van der Waals surface area contributed by atoms with Crippen molar-refractivity contribution in [3.05, 3.63) is 17.7 Å². The Hall–Kier alpha value is -1.42. The molecule has 4 nitrogen and oxygen atoms in total. The summed E-state index contributed by atoms with van der Waals surface area (Å²) in [6, 6.07) is 4.38. The SMILES string of the molecule is COc1cc(C2CCC(N)C2)cc(OC)c1OC. The van der Waals surface area contributed by atoms with E-state index in [4.69, 9.17) is 19.9 Å². The molecular weight excluding hydrogens is 230 g/mol. The summed E-state index contributed by atoms with van der Waals surface area (Å²) in [6.45, 7) is 0. The molecule has 100 valence electrons. The number of rotatable bonds is 4. The highest BCUT2D eigenvalue weighted by molar-refractivity contribution is 5.54. The van der Waals surface area contributed by atoms with Gasteiger partial charge in [-0.3, -0.25) is 0 Å². The predicted molar refractivity (Wildman–Crippen MR) is 70.7 cm³/mol. The van der Waals surface area contributed by atoms with E-state index in [9.17, 15) is 0 Å². The number of nitrogens with two attached hydrogens (primary N) is 1. The van der Waals surface area contributed by atoms with Crippen molar-refractivity contribution < 1.29 is 14.2 Å². The van der Waals surface area contributed by atoms with Gasteiger partial charge in [0.25, 0.3) is 0 Å². The lowest BCUT2D eigenvalue weighted by atomic mass is 9.96. The van der Waals surface area contributed by atoms with Gasteiger partial charge in [-0.25, -0.2) is 0 Å². The van der Waals surface area contributed by atoms with Crippen LogP contribution in [0.2, 0.25) is 0 Å². The zero-order valence-corrected chi connectivity index (χ0v) is 11.2. The van der Waals surface area contributed by atoms with Gasteiger partial charge >= 0.3 is 0 Å². The van der Waals surface area contributed by atoms with Crippen molar-refractivity contribution in [3.8, 4) is 17.2 Å². The van der Waals surface area contributed by atoms with Crippen LogP contribution in [0.1, 0.15) is 30.7 Å². The monoisotopic (exact) mass is 251 g/mol. The van der Waals surface area contributed by atoms with Crippen molar-refractivity contribution >= 4 is 0 Å². The largest absolute Gasteiger partial charge is 0.493 e. The third kappa shape index (κ3) is 2.38. The van der Waals surface area contributed by atoms with Gasteiger partial charge in [0.05, 0.1) is 21.3 Å². The maximum atomic E-state index is 5.97. The van der Waals surface area contributed by atoms with Gasteiger partial charge in [-0.2, -0.15) is 0 Å². The minimum Gasteiger partial charge on any atom is -0.493 e. The summed E-state index contributed by atoms with van der Waals surface area (Å²) >= 11 is 0. The van der Waals surface area contributed by atoms with Gasteiger partial charge in [0.1, 0.15) is 0 Å². The molecule has 18 heavy (non-hydrogen) atoms. The summed E-state index contributed by atoms with van der Waals surface area (Å²) < 4.78 is 16.1. The summed E-state index contributed by atoms with van der Waals surface area (Å²) in [6.07, 6.45) is 3.24. The number of benzene rings is 1. The van der Waals surface area contributed by atoms with Crippen LogP contribution < -0.4 is 19.9 Å². The molecule has 0 heterocycles. The molecule has 0 aliphatic heterocycles. The Bertz CT molecular complexity index is 394. The maximum Gasteiger partial charge on any atom is 0.203 e. The second-order valence-corrected chi connectivity index (χ2v) is 4.73. The van der Waals surface area contributed by atoms with Crippen molar-refractivity contribution in [2.75, 3.05) is 21.3 Å². The first-order valence-corrected chi connectivity index (χ1v) is 6.25. The number of methoxy groups -OCH3 is 3. The summed E-state index contributed by atoms with van der Waals surface area (Å²) in [5.74, 6) is 2.57. The van der Waals surface area contributed by atoms with Crippen LogP contribution in [0.4, 0.5) is 0 Å². The second kappa shape index (κ2) is 5.48. The minimum absolute atomic E-state index is 0.314. The van der Waals surface area contributed by atoms with E-state index >= 15 is 0 Å². The fraction of sp³-hybridized carbons (Fsp3) is 0.571. The maximum absolute atomic E-state index is 5.97. The lowest BCUT2D eigenvalue weighted by molar-refractivity contribution is 0.323. The molecule has 2 rings (SSSR count). The highest BCUT2D eigenvalue weighted by Gasteiger charge is 2.25. The van der Waals surface area contributed by atoms with Crippen LogP contribution >= 0.6 is 0 Å². The molecule has 0 saturated heterocycles. The van der Waals surface area contributed by atoms with E-state index in [1.54, 1.807) is 21.3 Å². The minimum atomic E-state index is 0.314. The van der Waals surface area contributed by atoms with E-state index in [0.29, 0.717) is 29.2 Å². The number of hydrogen-bond acceptors (Lipinski definition) is 4. The van der Waals surface area contributed by atoms with Crippen LogP contribution in [0.3, 0.4) is 0 Å². The molecule has 2 atom stereocenters. The lowest BCUT2D eigenvalue weighted by Gasteiger charge is -2.17. The molecule has 1 aliphatic carbocycles. The summed E-state index contributed by atoms with van der Waals surface area (Å²) in [5.41, 5.74) is 7.19. The van der Waals surface area contributed by atoms with E-state index < -0.39 is 0 Å². The number of ether oxygens (including phenoxy) is 3. The van der Waals surface area contributed by atoms with Crippen molar-refractivity contribution in [2.45, 2.75) is 31.2 Å². The average molecular weight is 251 g/mol. The zero-order valence-electron chi connectivity index (χ0n) is 11.2. The third-order valence-electron chi connectivity index (χ3n) is 3.63. The lowest BCUT2D eigenvalue weighted by Crippen LogP contribution is -2.14. The summed E-state index contributed by atoms with van der Waals surface area (Å²) in [5, 5.41) is 0. The molecule has 1 aromatic carbocycles. The topological polar surface area (TPSA) is 53.7 Å². The van der Waals surface area contributed by atoms with Gasteiger partial charge in [-0.1, -0.05) is 0 Å². The normalized spacial score (nSPS) is 22.9. The highest BCUT2D eigenvalue weighted by Crippen LogP contribution is 2.43. The van der Waals surface area contributed by atoms with E-state index in [-0.39, 0.29) is 0 Å². The van der Waals surface area contributed by atoms with Gasteiger partial charge in [0.15, 0.2) is 11.5 Å². The first kappa shape index (κ1) is 13.0. The Labute approximate surface area is 108 Å². The average Bonchev–Trinajstić information content (AvgIpc) is 2.83. The fourth-order valence-corrected chi connectivity index (χ4v) is 2.66. The molecular formula is C14H21NO3. The van der Waals surface area contributed by atoms with Crippen LogP contribution in [-0.4, -0.2) is 27.4 Å². The molecule has 0 spiro atoms. The fourth-order valence-electron chi connectivity index (χ4n) is 2.66. The van der Waals surface area contributed by atoms with Crippen molar-refractivity contribution in [1.82, 2.24) is 0 Å². The third-order valence-corrected chi connectivity index (χ3v) is 3.63. The smallest absolute Gasteiger partial charge is 0.203 e. The molecule has 0 amide bonds. The van der Waals surface area contributed by atoms with E-state index in [2.05, 4.69) is 0 Å². The molecule has 1 saturated carbocycles. The Morgan fingerprint density at radius 1 is 1.00 bits per heavy atom. The summed E-state index contributed by atoms with van der Waals surface area (Å²) in [4.78, 5) is 0. The molecule has 0 radical (unpaired) electrons. The summed E-state index contributed by atoms with van der Waals surface area (Å²) in [7, 11) is 4.90. The molecule has 2 N–H and O–H groups in total. The van der Waals surface area contributed by atoms with Crippen LogP contribution in [0.25, 0.3) is 0 Å². The van der Waals surface area contributed by atoms with Crippen LogP contribution in [0.15, 0.2) is 12.1 Å². The Balaban J connectivity index is 2.37. The highest BCUT2D eigenvalue weighted by atomic mass is 16.5. The second-order valence-electron chi connectivity index (χ2n) is 4.73. The van der Waals surface area contributed by atoms with Gasteiger partial charge < -0.3 is 19.9 Å². The molecule has 1 aliphatic rings. The predicted octanol–water partition coefficient (Wildman–Crippen LogP) is 2.31. The molecule has 4 heteroatoms. The van der Waals surface area contributed by atoms with Crippen molar-refractivity contribution in [2.24, 2.45) is 5.73 Å². The van der Waals surface area contributed by atoms with E-state index in [1.165, 1.54) is 5.56 Å². The van der Waals surface area contributed by atoms with Crippen molar-refractivity contribution in [3.63, 3.8) is 0 Å².